The van der Waals surface area contributed by atoms with Crippen molar-refractivity contribution in [2.75, 3.05) is 27.7 Å². The number of quaternary nitrogens is 1. The van der Waals surface area contributed by atoms with Crippen molar-refractivity contribution in [3.8, 4) is 0 Å². The molecule has 0 unspecified atom stereocenters. The molecule has 0 saturated heterocycles. The smallest absolute Gasteiger partial charge is 0.0964 e. The first-order valence-corrected chi connectivity index (χ1v) is 2.84. The molecular formula is C6H14N2O2. The van der Waals surface area contributed by atoms with Crippen molar-refractivity contribution in [1.29, 1.82) is 0 Å². The molecule has 0 bridgehead atoms. The third kappa shape index (κ3) is 27.5. The fourth-order valence-electron chi connectivity index (χ4n) is 0.387. The minimum Gasteiger partial charge on any atom is -0.444 e. The van der Waals surface area contributed by atoms with Crippen LogP contribution in [0.25, 0.3) is 0 Å². The molecule has 10 heavy (non-hydrogen) atoms. The quantitative estimate of drug-likeness (QED) is 0.254. The minimum atomic E-state index is 0.976. The van der Waals surface area contributed by atoms with Gasteiger partial charge in [0.1, 0.15) is 0 Å². The van der Waals surface area contributed by atoms with Crippen molar-refractivity contribution in [1.82, 2.24) is 0 Å². The monoisotopic (exact) mass is 146 g/mol. The Hall–Kier alpha value is -0.900. The van der Waals surface area contributed by atoms with E-state index in [0.717, 1.165) is 16.4 Å². The lowest BCUT2D eigenvalue weighted by molar-refractivity contribution is -0.864. The molecule has 0 spiro atoms. The largest absolute Gasteiger partial charge is 0.444 e. The van der Waals surface area contributed by atoms with Crippen LogP contribution in [0, 0.1) is 10.1 Å². The van der Waals surface area contributed by atoms with Gasteiger partial charge in [0.15, 0.2) is 0 Å². The van der Waals surface area contributed by atoms with Gasteiger partial charge in [-0.15, -0.1) is 5.34 Å². The van der Waals surface area contributed by atoms with E-state index >= 15 is 0 Å². The van der Waals surface area contributed by atoms with Gasteiger partial charge in [-0.05, 0) is 6.08 Å². The number of likely N-dealkylation sites (N-methyl/N-ethyl adjacent to an activating group) is 1. The average Bonchev–Trinajstić information content (AvgIpc) is 1.63. The Bertz CT molecular complexity index is 96.4. The van der Waals surface area contributed by atoms with Crippen molar-refractivity contribution < 1.29 is 4.48 Å². The van der Waals surface area contributed by atoms with Gasteiger partial charge in [-0.1, -0.05) is 6.58 Å². The SMILES string of the molecule is C=CC[N+](C)(C)C.O=N[O-]. The van der Waals surface area contributed by atoms with Gasteiger partial charge in [-0.25, -0.2) is 0 Å². The van der Waals surface area contributed by atoms with Crippen LogP contribution in [-0.2, 0) is 0 Å². The predicted octanol–water partition coefficient (Wildman–Crippen LogP) is 1.13. The highest BCUT2D eigenvalue weighted by Gasteiger charge is 1.99. The van der Waals surface area contributed by atoms with Crippen molar-refractivity contribution in [3.63, 3.8) is 0 Å². The van der Waals surface area contributed by atoms with Gasteiger partial charge in [0.05, 0.1) is 27.7 Å². The lowest BCUT2D eigenvalue weighted by Gasteiger charge is -2.21. The van der Waals surface area contributed by atoms with Crippen molar-refractivity contribution in [3.05, 3.63) is 22.8 Å². The maximum atomic E-state index is 8.00. The van der Waals surface area contributed by atoms with Crippen LogP contribution in [0.4, 0.5) is 0 Å². The van der Waals surface area contributed by atoms with Gasteiger partial charge in [0.2, 0.25) is 0 Å². The van der Waals surface area contributed by atoms with Crippen LogP contribution >= 0.6 is 0 Å². The zero-order valence-corrected chi connectivity index (χ0v) is 6.70. The second-order valence-corrected chi connectivity index (χ2v) is 2.84. The molecule has 0 aromatic heterocycles. The molecule has 0 aliphatic rings. The minimum absolute atomic E-state index is 0.976. The molecule has 0 aliphatic heterocycles. The van der Waals surface area contributed by atoms with Gasteiger partial charge in [-0.3, -0.25) is 0 Å². The van der Waals surface area contributed by atoms with Gasteiger partial charge >= 0.3 is 0 Å². The summed E-state index contributed by atoms with van der Waals surface area (Å²) in [5.74, 6) is 0. The Morgan fingerprint density at radius 2 is 1.90 bits per heavy atom. The van der Waals surface area contributed by atoms with Crippen LogP contribution < -0.4 is 0 Å². The highest BCUT2D eigenvalue weighted by Crippen LogP contribution is 1.86. The van der Waals surface area contributed by atoms with E-state index in [9.17, 15) is 0 Å². The Labute approximate surface area is 61.3 Å². The number of hydrogen-bond donors (Lipinski definition) is 0. The zero-order chi connectivity index (χ0) is 8.62. The van der Waals surface area contributed by atoms with E-state index in [4.69, 9.17) is 10.1 Å². The maximum Gasteiger partial charge on any atom is 0.0964 e. The second-order valence-electron chi connectivity index (χ2n) is 2.84. The number of nitrogens with zero attached hydrogens (tertiary/aromatic N) is 2. The van der Waals surface area contributed by atoms with Gasteiger partial charge < -0.3 is 14.6 Å². The summed E-state index contributed by atoms with van der Waals surface area (Å²) >= 11 is 0. The van der Waals surface area contributed by atoms with Crippen LogP contribution in [0.1, 0.15) is 0 Å². The number of rotatable bonds is 2. The second kappa shape index (κ2) is 6.22. The molecule has 0 aliphatic carbocycles. The summed E-state index contributed by atoms with van der Waals surface area (Å²) in [6, 6.07) is 0. The normalized spacial score (nSPS) is 9.10. The van der Waals surface area contributed by atoms with Crippen LogP contribution in [0.5, 0.6) is 0 Å². The lowest BCUT2D eigenvalue weighted by atomic mass is 10.5. The molecule has 0 aromatic carbocycles. The summed E-state index contributed by atoms with van der Waals surface area (Å²) < 4.78 is 0.976. The van der Waals surface area contributed by atoms with Gasteiger partial charge in [0, 0.05) is 0 Å². The zero-order valence-electron chi connectivity index (χ0n) is 6.70. The Kier molecular flexibility index (Phi) is 7.37. The molecule has 0 heterocycles. The summed E-state index contributed by atoms with van der Waals surface area (Å²) in [5.41, 5.74) is 0. The molecule has 0 fully saturated rings. The summed E-state index contributed by atoms with van der Waals surface area (Å²) in [6.07, 6.45) is 1.93. The molecule has 0 rings (SSSR count). The van der Waals surface area contributed by atoms with Crippen LogP contribution in [0.2, 0.25) is 0 Å². The number of hydrogen-bond acceptors (Lipinski definition) is 3. The molecule has 0 atom stereocenters. The molecule has 4 heteroatoms. The molecule has 60 valence electrons. The van der Waals surface area contributed by atoms with Crippen molar-refractivity contribution >= 4 is 0 Å². The Morgan fingerprint density at radius 3 is 1.90 bits per heavy atom. The van der Waals surface area contributed by atoms with E-state index in [2.05, 4.69) is 27.7 Å². The van der Waals surface area contributed by atoms with Crippen molar-refractivity contribution in [2.24, 2.45) is 5.34 Å². The van der Waals surface area contributed by atoms with E-state index in [1.54, 1.807) is 0 Å². The Morgan fingerprint density at radius 1 is 1.60 bits per heavy atom. The molecule has 0 aromatic rings. The van der Waals surface area contributed by atoms with Crippen LogP contribution in [0.15, 0.2) is 18.0 Å². The van der Waals surface area contributed by atoms with Crippen LogP contribution in [-0.4, -0.2) is 32.2 Å². The fraction of sp³-hybridized carbons (Fsp3) is 0.667. The third-order valence-electron chi connectivity index (χ3n) is 0.677. The van der Waals surface area contributed by atoms with Crippen LogP contribution in [0.3, 0.4) is 0 Å². The molecule has 0 N–H and O–H groups in total. The molecule has 4 nitrogen and oxygen atoms in total. The van der Waals surface area contributed by atoms with Crippen molar-refractivity contribution in [2.45, 2.75) is 0 Å². The average molecular weight is 146 g/mol. The molecule has 0 amide bonds. The Balaban J connectivity index is 0. The highest BCUT2D eigenvalue weighted by molar-refractivity contribution is 4.63. The molecular weight excluding hydrogens is 132 g/mol. The summed E-state index contributed by atoms with van der Waals surface area (Å²) in [7, 11) is 6.42. The summed E-state index contributed by atoms with van der Waals surface area (Å²) in [5, 5.41) is 9.00. The first kappa shape index (κ1) is 11.8. The van der Waals surface area contributed by atoms with Gasteiger partial charge in [0.25, 0.3) is 0 Å². The standard InChI is InChI=1S/C6H14N.HNO2/c1-5-6-7(2,3)4;2-1-3/h5H,1,6H2,2-4H3;(H,2,3)/q+1;/p-1. The molecule has 0 radical (unpaired) electrons. The van der Waals surface area contributed by atoms with Gasteiger partial charge in [-0.2, -0.15) is 0 Å². The summed E-state index contributed by atoms with van der Waals surface area (Å²) in [6.45, 7) is 4.67. The predicted molar refractivity (Wildman–Crippen MR) is 42.3 cm³/mol. The van der Waals surface area contributed by atoms with E-state index in [1.807, 2.05) is 6.08 Å². The topological polar surface area (TPSA) is 52.5 Å². The first-order valence-electron chi connectivity index (χ1n) is 2.84. The molecule has 0 saturated carbocycles. The van der Waals surface area contributed by atoms with E-state index in [0.29, 0.717) is 0 Å². The highest BCUT2D eigenvalue weighted by atomic mass is 16.6. The first-order chi connectivity index (χ1) is 4.47. The third-order valence-corrected chi connectivity index (χ3v) is 0.677. The lowest BCUT2D eigenvalue weighted by Crippen LogP contribution is -2.33. The maximum absolute atomic E-state index is 8.00. The van der Waals surface area contributed by atoms with E-state index in [-0.39, 0.29) is 0 Å². The fourth-order valence-corrected chi connectivity index (χ4v) is 0.387. The van der Waals surface area contributed by atoms with E-state index < -0.39 is 0 Å². The summed E-state index contributed by atoms with van der Waals surface area (Å²) in [4.78, 5) is 8.00. The van der Waals surface area contributed by atoms with E-state index in [1.165, 1.54) is 0 Å².